The summed E-state index contributed by atoms with van der Waals surface area (Å²) < 4.78 is 53.8. The fourth-order valence-electron chi connectivity index (χ4n) is 3.88. The van der Waals surface area contributed by atoms with Crippen LogP contribution in [0, 0.1) is 0 Å². The van der Waals surface area contributed by atoms with E-state index in [0.29, 0.717) is 39.3 Å². The normalized spacial score (nSPS) is 18.4. The van der Waals surface area contributed by atoms with Crippen molar-refractivity contribution in [1.82, 2.24) is 20.6 Å². The van der Waals surface area contributed by atoms with Gasteiger partial charge in [-0.15, -0.1) is 11.3 Å². The minimum atomic E-state index is -4.64. The number of thiophene rings is 1. The molecule has 1 aromatic carbocycles. The standard InChI is InChI=1S/C21H19ClF3N5OS2/c22-14-5-12-8-26-2-1-11(12)6-15(14)29-20-28-9-13(21(23,24)25)19(30-20)16-7-18-17(32-16)10-27-3-4-33(18)31/h5-7,9,26-27H,1-4,8,10H2,(H,28,29,30). The van der Waals surface area contributed by atoms with E-state index in [-0.39, 0.29) is 11.6 Å². The second kappa shape index (κ2) is 8.95. The van der Waals surface area contributed by atoms with Crippen molar-refractivity contribution in [3.8, 4) is 10.6 Å². The van der Waals surface area contributed by atoms with E-state index < -0.39 is 22.5 Å². The average molecular weight is 514 g/mol. The highest BCUT2D eigenvalue weighted by Crippen LogP contribution is 2.41. The molecule has 174 valence electrons. The first kappa shape index (κ1) is 22.7. The fraction of sp³-hybridized carbons (Fsp3) is 0.333. The zero-order valence-corrected chi connectivity index (χ0v) is 19.6. The number of hydrogen-bond acceptors (Lipinski definition) is 7. The van der Waals surface area contributed by atoms with Crippen LogP contribution in [0.3, 0.4) is 0 Å². The Hall–Kier alpha value is -2.05. The molecule has 3 N–H and O–H groups in total. The van der Waals surface area contributed by atoms with Crippen molar-refractivity contribution >= 4 is 45.4 Å². The molecule has 0 bridgehead atoms. The van der Waals surface area contributed by atoms with Gasteiger partial charge in [-0.2, -0.15) is 13.2 Å². The van der Waals surface area contributed by atoms with Gasteiger partial charge in [0.25, 0.3) is 0 Å². The van der Waals surface area contributed by atoms with Crippen molar-refractivity contribution in [3.05, 3.63) is 51.0 Å². The summed E-state index contributed by atoms with van der Waals surface area (Å²) in [5.41, 5.74) is 1.56. The van der Waals surface area contributed by atoms with Crippen molar-refractivity contribution in [1.29, 1.82) is 0 Å². The summed E-state index contributed by atoms with van der Waals surface area (Å²) in [6.45, 7) is 2.61. The fourth-order valence-corrected chi connectivity index (χ4v) is 6.74. The Morgan fingerprint density at radius 2 is 1.94 bits per heavy atom. The van der Waals surface area contributed by atoms with Gasteiger partial charge in [-0.25, -0.2) is 9.97 Å². The van der Waals surface area contributed by atoms with Gasteiger partial charge in [0.15, 0.2) is 0 Å². The van der Waals surface area contributed by atoms with Gasteiger partial charge >= 0.3 is 6.18 Å². The maximum Gasteiger partial charge on any atom is 0.420 e. The molecule has 3 aromatic rings. The van der Waals surface area contributed by atoms with Gasteiger partial charge in [0.1, 0.15) is 5.56 Å². The van der Waals surface area contributed by atoms with Gasteiger partial charge in [-0.05, 0) is 42.3 Å². The Bertz CT molecular complexity index is 1250. The van der Waals surface area contributed by atoms with Crippen LogP contribution in [0.5, 0.6) is 0 Å². The lowest BCUT2D eigenvalue weighted by Gasteiger charge is -2.19. The van der Waals surface area contributed by atoms with E-state index >= 15 is 0 Å². The minimum Gasteiger partial charge on any atom is -0.323 e. The summed E-state index contributed by atoms with van der Waals surface area (Å²) in [7, 11) is -1.27. The van der Waals surface area contributed by atoms with Gasteiger partial charge in [-0.3, -0.25) is 4.21 Å². The molecule has 0 fully saturated rings. The first-order valence-corrected chi connectivity index (χ1v) is 12.8. The smallest absolute Gasteiger partial charge is 0.323 e. The zero-order chi connectivity index (χ0) is 23.2. The van der Waals surface area contributed by atoms with Crippen LogP contribution in [-0.2, 0) is 36.5 Å². The highest BCUT2D eigenvalue weighted by atomic mass is 35.5. The summed E-state index contributed by atoms with van der Waals surface area (Å²) in [5, 5.41) is 9.84. The molecule has 0 radical (unpaired) electrons. The lowest BCUT2D eigenvalue weighted by Crippen LogP contribution is -2.23. The summed E-state index contributed by atoms with van der Waals surface area (Å²) in [6.07, 6.45) is -3.03. The predicted octanol–water partition coefficient (Wildman–Crippen LogP) is 4.48. The van der Waals surface area contributed by atoms with Crippen LogP contribution in [0.1, 0.15) is 21.6 Å². The Morgan fingerprint density at radius 1 is 1.12 bits per heavy atom. The van der Waals surface area contributed by atoms with E-state index in [1.54, 1.807) is 6.07 Å². The molecule has 2 aliphatic heterocycles. The van der Waals surface area contributed by atoms with E-state index in [1.165, 1.54) is 11.3 Å². The van der Waals surface area contributed by atoms with Crippen LogP contribution >= 0.6 is 22.9 Å². The lowest BCUT2D eigenvalue weighted by molar-refractivity contribution is -0.137. The molecule has 0 aliphatic carbocycles. The third-order valence-corrected chi connectivity index (χ3v) is 8.53. The molecule has 5 rings (SSSR count). The maximum absolute atomic E-state index is 13.8. The van der Waals surface area contributed by atoms with Gasteiger partial charge in [0.05, 0.1) is 37.0 Å². The van der Waals surface area contributed by atoms with Crippen LogP contribution in [0.4, 0.5) is 24.8 Å². The van der Waals surface area contributed by atoms with E-state index in [9.17, 15) is 17.4 Å². The number of fused-ring (bicyclic) bond motifs is 2. The number of rotatable bonds is 3. The van der Waals surface area contributed by atoms with Crippen LogP contribution < -0.4 is 16.0 Å². The van der Waals surface area contributed by atoms with Gasteiger partial charge in [-0.1, -0.05) is 11.6 Å². The van der Waals surface area contributed by atoms with Crippen molar-refractivity contribution in [2.75, 3.05) is 24.2 Å². The number of nitrogens with one attached hydrogen (secondary N) is 3. The molecule has 33 heavy (non-hydrogen) atoms. The molecule has 2 aliphatic rings. The van der Waals surface area contributed by atoms with E-state index in [4.69, 9.17) is 11.6 Å². The molecule has 0 amide bonds. The largest absolute Gasteiger partial charge is 0.420 e. The lowest BCUT2D eigenvalue weighted by atomic mass is 10.0. The van der Waals surface area contributed by atoms with E-state index in [1.807, 2.05) is 12.1 Å². The Morgan fingerprint density at radius 3 is 2.76 bits per heavy atom. The summed E-state index contributed by atoms with van der Waals surface area (Å²) in [6, 6.07) is 5.29. The molecule has 2 aromatic heterocycles. The first-order chi connectivity index (χ1) is 15.8. The Labute approximate surface area is 199 Å². The average Bonchev–Trinajstić information content (AvgIpc) is 3.13. The maximum atomic E-state index is 13.8. The molecule has 0 saturated carbocycles. The molecular weight excluding hydrogens is 495 g/mol. The molecule has 0 spiro atoms. The monoisotopic (exact) mass is 513 g/mol. The Balaban J connectivity index is 1.55. The number of anilines is 2. The number of halogens is 4. The highest BCUT2D eigenvalue weighted by Gasteiger charge is 2.36. The summed E-state index contributed by atoms with van der Waals surface area (Å²) >= 11 is 7.57. The van der Waals surface area contributed by atoms with Crippen molar-refractivity contribution in [2.24, 2.45) is 0 Å². The number of hydrogen-bond donors (Lipinski definition) is 3. The molecule has 1 atom stereocenters. The quantitative estimate of drug-likeness (QED) is 0.479. The van der Waals surface area contributed by atoms with Gasteiger partial charge < -0.3 is 16.0 Å². The van der Waals surface area contributed by atoms with E-state index in [2.05, 4.69) is 25.9 Å². The number of alkyl halides is 3. The molecular formula is C21H19ClF3N5OS2. The molecule has 4 heterocycles. The summed E-state index contributed by atoms with van der Waals surface area (Å²) in [5.74, 6) is 0.426. The molecule has 1 unspecified atom stereocenters. The van der Waals surface area contributed by atoms with Gasteiger partial charge in [0.2, 0.25) is 5.95 Å². The minimum absolute atomic E-state index is 0.0108. The van der Waals surface area contributed by atoms with Crippen molar-refractivity contribution in [3.63, 3.8) is 0 Å². The molecule has 0 saturated heterocycles. The second-order valence-electron chi connectivity index (χ2n) is 7.73. The highest BCUT2D eigenvalue weighted by molar-refractivity contribution is 7.85. The number of aromatic nitrogens is 2. The topological polar surface area (TPSA) is 78.9 Å². The molecule has 6 nitrogen and oxygen atoms in total. The van der Waals surface area contributed by atoms with Gasteiger partial charge in [0, 0.05) is 36.5 Å². The number of benzene rings is 1. The van der Waals surface area contributed by atoms with Crippen LogP contribution in [0.2, 0.25) is 5.02 Å². The predicted molar refractivity (Wildman–Crippen MR) is 123 cm³/mol. The van der Waals surface area contributed by atoms with Crippen LogP contribution in [0.15, 0.2) is 29.3 Å². The third kappa shape index (κ3) is 4.65. The Kier molecular flexibility index (Phi) is 6.17. The van der Waals surface area contributed by atoms with Crippen LogP contribution in [-0.4, -0.2) is 33.0 Å². The SMILES string of the molecule is O=S1CCNCc2sc(-c3nc(Nc4cc5c(cc4Cl)CNCC5)ncc3C(F)(F)F)cc21. The van der Waals surface area contributed by atoms with Crippen molar-refractivity contribution in [2.45, 2.75) is 30.6 Å². The third-order valence-electron chi connectivity index (χ3n) is 5.52. The van der Waals surface area contributed by atoms with Crippen LogP contribution in [0.25, 0.3) is 10.6 Å². The zero-order valence-electron chi connectivity index (χ0n) is 17.2. The first-order valence-electron chi connectivity index (χ1n) is 10.2. The van der Waals surface area contributed by atoms with E-state index in [0.717, 1.165) is 41.7 Å². The van der Waals surface area contributed by atoms with Crippen molar-refractivity contribution < 1.29 is 17.4 Å². The molecule has 12 heteroatoms. The second-order valence-corrected chi connectivity index (χ2v) is 10.8. The summed E-state index contributed by atoms with van der Waals surface area (Å²) in [4.78, 5) is 9.76. The number of nitrogens with zero attached hydrogens (tertiary/aromatic N) is 2.